The number of hydrogen-bond donors (Lipinski definition) is 2. The van der Waals surface area contributed by atoms with Crippen LogP contribution in [0.4, 0.5) is 0 Å². The molecule has 0 aliphatic carbocycles. The summed E-state index contributed by atoms with van der Waals surface area (Å²) in [5.41, 5.74) is 1.48. The van der Waals surface area contributed by atoms with Crippen LogP contribution in [0, 0.1) is 0 Å². The molecule has 1 amide bonds. The van der Waals surface area contributed by atoms with Crippen LogP contribution in [0.1, 0.15) is 6.92 Å². The lowest BCUT2D eigenvalue weighted by molar-refractivity contribution is -0.135. The number of allylic oxidation sites excluding steroid dienone is 1. The van der Waals surface area contributed by atoms with Crippen molar-refractivity contribution in [3.05, 3.63) is 12.2 Å². The first-order chi connectivity index (χ1) is 8.20. The summed E-state index contributed by atoms with van der Waals surface area (Å²) >= 11 is 0. The van der Waals surface area contributed by atoms with E-state index in [1.807, 2.05) is 13.0 Å². The van der Waals surface area contributed by atoms with Crippen molar-refractivity contribution in [3.8, 4) is 0 Å². The van der Waals surface area contributed by atoms with Crippen molar-refractivity contribution < 1.29 is 9.53 Å². The molecule has 0 aromatic rings. The van der Waals surface area contributed by atoms with Gasteiger partial charge in [-0.3, -0.25) is 20.1 Å². The van der Waals surface area contributed by atoms with Gasteiger partial charge in [0, 0.05) is 18.8 Å². The second-order valence-electron chi connectivity index (χ2n) is 4.36. The summed E-state index contributed by atoms with van der Waals surface area (Å²) in [6, 6.07) is 0.166. The Morgan fingerprint density at radius 1 is 1.71 bits per heavy atom. The summed E-state index contributed by atoms with van der Waals surface area (Å²) in [4.78, 5) is 18.4. The predicted molar refractivity (Wildman–Crippen MR) is 64.5 cm³/mol. The Balaban J connectivity index is 2.29. The van der Waals surface area contributed by atoms with Crippen LogP contribution in [-0.2, 0) is 9.53 Å². The van der Waals surface area contributed by atoms with E-state index in [1.54, 1.807) is 12.3 Å². The van der Waals surface area contributed by atoms with Crippen molar-refractivity contribution in [1.82, 2.24) is 10.3 Å². The second-order valence-corrected chi connectivity index (χ2v) is 4.36. The lowest BCUT2D eigenvalue weighted by Crippen LogP contribution is -2.66. The van der Waals surface area contributed by atoms with Gasteiger partial charge in [0.1, 0.15) is 5.54 Å². The zero-order chi connectivity index (χ0) is 12.3. The predicted octanol–water partition coefficient (Wildman–Crippen LogP) is -0.924. The number of morpholine rings is 1. The van der Waals surface area contributed by atoms with Crippen LogP contribution in [-0.4, -0.2) is 54.9 Å². The van der Waals surface area contributed by atoms with Crippen LogP contribution in [0.5, 0.6) is 0 Å². The van der Waals surface area contributed by atoms with E-state index in [4.69, 9.17) is 10.6 Å². The molecule has 2 aliphatic rings. The number of hydrogen-bond acceptors (Lipinski definition) is 5. The minimum absolute atomic E-state index is 0.166. The van der Waals surface area contributed by atoms with Crippen LogP contribution < -0.4 is 11.3 Å². The molecule has 6 nitrogen and oxygen atoms in total. The van der Waals surface area contributed by atoms with Gasteiger partial charge in [0.2, 0.25) is 0 Å². The molecule has 0 spiro atoms. The van der Waals surface area contributed by atoms with Crippen LogP contribution >= 0.6 is 0 Å². The Bertz CT molecular complexity index is 355. The number of nitrogens with one attached hydrogen (secondary N) is 1. The minimum Gasteiger partial charge on any atom is -0.379 e. The third kappa shape index (κ3) is 2.11. The van der Waals surface area contributed by atoms with Crippen molar-refractivity contribution in [1.29, 1.82) is 0 Å². The zero-order valence-corrected chi connectivity index (χ0v) is 9.93. The first kappa shape index (κ1) is 12.2. The van der Waals surface area contributed by atoms with Crippen molar-refractivity contribution >= 4 is 12.1 Å². The minimum atomic E-state index is -0.771. The molecule has 3 N–H and O–H groups in total. The number of carbonyl (C=O) groups excluding carboxylic acids is 1. The van der Waals surface area contributed by atoms with E-state index >= 15 is 0 Å². The SMILES string of the molecule is C[C@@H]1COCCN1C1(C(=O)NN)C=CC=NC1. The summed E-state index contributed by atoms with van der Waals surface area (Å²) in [5, 5.41) is 0. The third-order valence-corrected chi connectivity index (χ3v) is 3.30. The number of nitrogens with two attached hydrogens (primary N) is 1. The molecule has 1 saturated heterocycles. The molecular formula is C11H18N4O2. The highest BCUT2D eigenvalue weighted by molar-refractivity contribution is 5.91. The fraction of sp³-hybridized carbons (Fsp3) is 0.636. The molecule has 0 aromatic heterocycles. The summed E-state index contributed by atoms with van der Waals surface area (Å²) in [6.45, 7) is 4.39. The molecule has 1 fully saturated rings. The van der Waals surface area contributed by atoms with Gasteiger partial charge in [0.15, 0.2) is 0 Å². The molecule has 2 rings (SSSR count). The third-order valence-electron chi connectivity index (χ3n) is 3.30. The molecule has 2 atom stereocenters. The fourth-order valence-corrected chi connectivity index (χ4v) is 2.42. The Labute approximate surface area is 100 Å². The molecule has 2 heterocycles. The average Bonchev–Trinajstić information content (AvgIpc) is 2.39. The van der Waals surface area contributed by atoms with E-state index in [-0.39, 0.29) is 11.9 Å². The zero-order valence-electron chi connectivity index (χ0n) is 9.93. The lowest BCUT2D eigenvalue weighted by atomic mass is 9.91. The van der Waals surface area contributed by atoms with Crippen molar-refractivity contribution in [2.45, 2.75) is 18.5 Å². The number of carbonyl (C=O) groups is 1. The first-order valence-corrected chi connectivity index (χ1v) is 5.74. The molecule has 2 aliphatic heterocycles. The van der Waals surface area contributed by atoms with E-state index in [2.05, 4.69) is 15.3 Å². The highest BCUT2D eigenvalue weighted by Gasteiger charge is 2.45. The van der Waals surface area contributed by atoms with Crippen molar-refractivity contribution in [2.24, 2.45) is 10.8 Å². The largest absolute Gasteiger partial charge is 0.379 e. The van der Waals surface area contributed by atoms with Gasteiger partial charge in [-0.05, 0) is 13.0 Å². The number of rotatable bonds is 2. The fourth-order valence-electron chi connectivity index (χ4n) is 2.42. The number of hydrazine groups is 1. The van der Waals surface area contributed by atoms with Crippen LogP contribution in [0.3, 0.4) is 0 Å². The van der Waals surface area contributed by atoms with Gasteiger partial charge in [0.25, 0.3) is 5.91 Å². The summed E-state index contributed by atoms with van der Waals surface area (Å²) in [7, 11) is 0. The molecule has 17 heavy (non-hydrogen) atoms. The first-order valence-electron chi connectivity index (χ1n) is 5.74. The normalized spacial score (nSPS) is 33.6. The molecule has 0 saturated carbocycles. The maximum atomic E-state index is 12.1. The number of nitrogens with zero attached hydrogens (tertiary/aromatic N) is 2. The maximum Gasteiger partial charge on any atom is 0.260 e. The van der Waals surface area contributed by atoms with E-state index in [9.17, 15) is 4.79 Å². The maximum absolute atomic E-state index is 12.1. The Morgan fingerprint density at radius 2 is 2.53 bits per heavy atom. The quantitative estimate of drug-likeness (QED) is 0.370. The second kappa shape index (κ2) is 4.95. The van der Waals surface area contributed by atoms with Gasteiger partial charge in [-0.2, -0.15) is 0 Å². The Morgan fingerprint density at radius 3 is 3.12 bits per heavy atom. The monoisotopic (exact) mass is 238 g/mol. The summed E-state index contributed by atoms with van der Waals surface area (Å²) < 4.78 is 5.39. The van der Waals surface area contributed by atoms with Crippen LogP contribution in [0.2, 0.25) is 0 Å². The highest BCUT2D eigenvalue weighted by atomic mass is 16.5. The van der Waals surface area contributed by atoms with E-state index in [1.165, 1.54) is 0 Å². The van der Waals surface area contributed by atoms with Gasteiger partial charge in [-0.1, -0.05) is 6.08 Å². The van der Waals surface area contributed by atoms with Gasteiger partial charge in [-0.15, -0.1) is 0 Å². The molecule has 0 aromatic carbocycles. The van der Waals surface area contributed by atoms with Crippen molar-refractivity contribution in [2.75, 3.05) is 26.3 Å². The Hall–Kier alpha value is -1.24. The molecule has 6 heteroatoms. The van der Waals surface area contributed by atoms with Gasteiger partial charge < -0.3 is 4.74 Å². The van der Waals surface area contributed by atoms with Gasteiger partial charge in [0.05, 0.1) is 19.8 Å². The van der Waals surface area contributed by atoms with Crippen LogP contribution in [0.15, 0.2) is 17.1 Å². The van der Waals surface area contributed by atoms with Crippen molar-refractivity contribution in [3.63, 3.8) is 0 Å². The standard InChI is InChI=1S/C11H18N4O2/c1-9-7-17-6-5-15(9)11(10(16)14-12)3-2-4-13-8-11/h2-4,9H,5-8,12H2,1H3,(H,14,16)/t9-,11?/m1/s1. The summed E-state index contributed by atoms with van der Waals surface area (Å²) in [5.74, 6) is 5.07. The molecule has 0 bridgehead atoms. The number of aliphatic imine (C=N–C) groups is 1. The lowest BCUT2D eigenvalue weighted by Gasteiger charge is -2.45. The Kier molecular flexibility index (Phi) is 3.56. The van der Waals surface area contributed by atoms with E-state index < -0.39 is 5.54 Å². The number of amides is 1. The van der Waals surface area contributed by atoms with Gasteiger partial charge >= 0.3 is 0 Å². The number of dihydropyridines is 1. The average molecular weight is 238 g/mol. The highest BCUT2D eigenvalue weighted by Crippen LogP contribution is 2.25. The van der Waals surface area contributed by atoms with Crippen LogP contribution in [0.25, 0.3) is 0 Å². The smallest absolute Gasteiger partial charge is 0.260 e. The molecule has 0 radical (unpaired) electrons. The van der Waals surface area contributed by atoms with E-state index in [0.29, 0.717) is 26.3 Å². The molecule has 1 unspecified atom stereocenters. The molecule has 94 valence electrons. The van der Waals surface area contributed by atoms with E-state index in [0.717, 1.165) is 0 Å². The van der Waals surface area contributed by atoms with Gasteiger partial charge in [-0.25, -0.2) is 5.84 Å². The number of ether oxygens (including phenoxy) is 1. The summed E-state index contributed by atoms with van der Waals surface area (Å²) in [6.07, 6.45) is 5.36. The molecular weight excluding hydrogens is 220 g/mol. The topological polar surface area (TPSA) is 80.0 Å².